The topological polar surface area (TPSA) is 86.8 Å². The van der Waals surface area contributed by atoms with Crippen LogP contribution in [0.2, 0.25) is 0 Å². The summed E-state index contributed by atoms with van der Waals surface area (Å²) in [4.78, 5) is 53.0. The van der Waals surface area contributed by atoms with Crippen molar-refractivity contribution in [1.82, 2.24) is 15.1 Å². The van der Waals surface area contributed by atoms with Crippen molar-refractivity contribution < 1.29 is 19.2 Å². The second-order valence-corrected chi connectivity index (χ2v) is 7.95. The number of hydrogen-bond donors (Lipinski definition) is 1. The molecular formula is C25H29N3O4. The van der Waals surface area contributed by atoms with Crippen LogP contribution in [0, 0.1) is 6.92 Å². The minimum absolute atomic E-state index is 0.0425. The molecule has 168 valence electrons. The Morgan fingerprint density at radius 1 is 0.750 bits per heavy atom. The van der Waals surface area contributed by atoms with Crippen LogP contribution in [0.1, 0.15) is 45.5 Å². The summed E-state index contributed by atoms with van der Waals surface area (Å²) in [5, 5.41) is 2.65. The highest BCUT2D eigenvalue weighted by molar-refractivity contribution is 5.98. The van der Waals surface area contributed by atoms with Gasteiger partial charge in [-0.3, -0.25) is 19.2 Å². The van der Waals surface area contributed by atoms with Crippen LogP contribution in [0.15, 0.2) is 54.6 Å². The molecule has 0 saturated carbocycles. The van der Waals surface area contributed by atoms with Crippen LogP contribution >= 0.6 is 0 Å². The average Bonchev–Trinajstić information content (AvgIpc) is 3.08. The van der Waals surface area contributed by atoms with Crippen molar-refractivity contribution >= 4 is 23.5 Å². The first-order valence-corrected chi connectivity index (χ1v) is 10.9. The van der Waals surface area contributed by atoms with E-state index in [-0.39, 0.29) is 42.9 Å². The molecule has 0 spiro atoms. The molecule has 1 aliphatic heterocycles. The Labute approximate surface area is 188 Å². The molecular weight excluding hydrogens is 406 g/mol. The van der Waals surface area contributed by atoms with Crippen molar-refractivity contribution in [2.24, 2.45) is 0 Å². The van der Waals surface area contributed by atoms with E-state index in [9.17, 15) is 19.2 Å². The normalized spacial score (nSPS) is 13.9. The minimum Gasteiger partial charge on any atom is -0.343 e. The van der Waals surface area contributed by atoms with Crippen LogP contribution in [0.4, 0.5) is 0 Å². The molecule has 1 N–H and O–H groups in total. The Kier molecular flexibility index (Phi) is 8.14. The first-order chi connectivity index (χ1) is 15.4. The van der Waals surface area contributed by atoms with Gasteiger partial charge in [0.05, 0.1) is 6.54 Å². The highest BCUT2D eigenvalue weighted by Gasteiger charge is 2.23. The van der Waals surface area contributed by atoms with Crippen molar-refractivity contribution in [3.05, 3.63) is 71.3 Å². The van der Waals surface area contributed by atoms with E-state index in [0.717, 1.165) is 5.56 Å². The van der Waals surface area contributed by atoms with E-state index in [1.807, 2.05) is 25.1 Å². The highest BCUT2D eigenvalue weighted by atomic mass is 16.2. The molecule has 7 nitrogen and oxygen atoms in total. The Bertz CT molecular complexity index is 957. The van der Waals surface area contributed by atoms with Crippen molar-refractivity contribution in [2.75, 3.05) is 32.7 Å². The van der Waals surface area contributed by atoms with Gasteiger partial charge in [-0.1, -0.05) is 48.0 Å². The first-order valence-electron chi connectivity index (χ1n) is 10.9. The quantitative estimate of drug-likeness (QED) is 0.677. The smallest absolute Gasteiger partial charge is 0.251 e. The Balaban J connectivity index is 1.43. The van der Waals surface area contributed by atoms with E-state index in [4.69, 9.17) is 0 Å². The zero-order valence-electron chi connectivity index (χ0n) is 18.4. The molecule has 2 aromatic carbocycles. The second-order valence-electron chi connectivity index (χ2n) is 7.95. The SMILES string of the molecule is Cc1ccc(C(=O)CCC(=O)N2CCCN(C(=O)CNC(=O)c3ccccc3)CC2)cc1. The maximum atomic E-state index is 12.6. The lowest BCUT2D eigenvalue weighted by Gasteiger charge is -2.22. The number of carbonyl (C=O) groups is 4. The van der Waals surface area contributed by atoms with Gasteiger partial charge in [0.2, 0.25) is 11.8 Å². The van der Waals surface area contributed by atoms with Gasteiger partial charge in [-0.25, -0.2) is 0 Å². The monoisotopic (exact) mass is 435 g/mol. The van der Waals surface area contributed by atoms with Crippen LogP contribution in [-0.4, -0.2) is 66.0 Å². The summed E-state index contributed by atoms with van der Waals surface area (Å²) in [6.45, 7) is 3.81. The van der Waals surface area contributed by atoms with Gasteiger partial charge in [-0.15, -0.1) is 0 Å². The molecule has 0 bridgehead atoms. The second kappa shape index (κ2) is 11.2. The van der Waals surface area contributed by atoms with Crippen molar-refractivity contribution in [2.45, 2.75) is 26.2 Å². The Morgan fingerprint density at radius 3 is 2.03 bits per heavy atom. The van der Waals surface area contributed by atoms with Crippen LogP contribution in [0.25, 0.3) is 0 Å². The number of hydrogen-bond acceptors (Lipinski definition) is 4. The molecule has 1 saturated heterocycles. The number of nitrogens with one attached hydrogen (secondary N) is 1. The molecule has 0 atom stereocenters. The summed E-state index contributed by atoms with van der Waals surface area (Å²) in [6, 6.07) is 16.1. The molecule has 2 aromatic rings. The summed E-state index contributed by atoms with van der Waals surface area (Å²) in [5.74, 6) is -0.571. The zero-order chi connectivity index (χ0) is 22.9. The number of ketones is 1. The van der Waals surface area contributed by atoms with E-state index < -0.39 is 0 Å². The van der Waals surface area contributed by atoms with Crippen molar-refractivity contribution in [3.8, 4) is 0 Å². The van der Waals surface area contributed by atoms with Gasteiger partial charge in [0.15, 0.2) is 5.78 Å². The number of rotatable bonds is 7. The summed E-state index contributed by atoms with van der Waals surface area (Å²) >= 11 is 0. The fourth-order valence-corrected chi connectivity index (χ4v) is 3.64. The molecule has 3 rings (SSSR count). The molecule has 0 aliphatic carbocycles. The van der Waals surface area contributed by atoms with Gasteiger partial charge in [-0.05, 0) is 25.5 Å². The summed E-state index contributed by atoms with van der Waals surface area (Å²) in [7, 11) is 0. The number of amides is 3. The van der Waals surface area contributed by atoms with E-state index in [2.05, 4.69) is 5.32 Å². The molecule has 32 heavy (non-hydrogen) atoms. The third-order valence-electron chi connectivity index (χ3n) is 5.58. The minimum atomic E-state index is -0.288. The van der Waals surface area contributed by atoms with E-state index in [1.165, 1.54) is 0 Å². The lowest BCUT2D eigenvalue weighted by molar-refractivity contribution is -0.133. The fourth-order valence-electron chi connectivity index (χ4n) is 3.64. The number of nitrogens with zero attached hydrogens (tertiary/aromatic N) is 2. The molecule has 3 amide bonds. The number of benzene rings is 2. The summed E-state index contributed by atoms with van der Waals surface area (Å²) in [6.07, 6.45) is 0.996. The third kappa shape index (κ3) is 6.51. The van der Waals surface area contributed by atoms with Gasteiger partial charge in [-0.2, -0.15) is 0 Å². The van der Waals surface area contributed by atoms with Crippen molar-refractivity contribution in [1.29, 1.82) is 0 Å². The lowest BCUT2D eigenvalue weighted by Crippen LogP contribution is -2.42. The van der Waals surface area contributed by atoms with E-state index in [0.29, 0.717) is 43.7 Å². The maximum absolute atomic E-state index is 12.6. The Hall–Kier alpha value is -3.48. The number of carbonyl (C=O) groups excluding carboxylic acids is 4. The van der Waals surface area contributed by atoms with Crippen LogP contribution in [0.5, 0.6) is 0 Å². The number of aryl methyl sites for hydroxylation is 1. The largest absolute Gasteiger partial charge is 0.343 e. The van der Waals surface area contributed by atoms with Crippen LogP contribution < -0.4 is 5.32 Å². The zero-order valence-corrected chi connectivity index (χ0v) is 18.4. The van der Waals surface area contributed by atoms with E-state index in [1.54, 1.807) is 46.2 Å². The van der Waals surface area contributed by atoms with Crippen LogP contribution in [0.3, 0.4) is 0 Å². The van der Waals surface area contributed by atoms with E-state index >= 15 is 0 Å². The average molecular weight is 436 g/mol. The lowest BCUT2D eigenvalue weighted by atomic mass is 10.0. The molecule has 0 unspecified atom stereocenters. The van der Waals surface area contributed by atoms with Crippen LogP contribution in [-0.2, 0) is 9.59 Å². The predicted octanol–water partition coefficient (Wildman–Crippen LogP) is 2.45. The summed E-state index contributed by atoms with van der Waals surface area (Å²) < 4.78 is 0. The predicted molar refractivity (Wildman–Crippen MR) is 121 cm³/mol. The summed E-state index contributed by atoms with van der Waals surface area (Å²) in [5.41, 5.74) is 2.21. The molecule has 0 radical (unpaired) electrons. The maximum Gasteiger partial charge on any atom is 0.251 e. The van der Waals surface area contributed by atoms with Gasteiger partial charge in [0.25, 0.3) is 5.91 Å². The molecule has 1 heterocycles. The van der Waals surface area contributed by atoms with Gasteiger partial charge in [0.1, 0.15) is 0 Å². The molecule has 1 aliphatic rings. The van der Waals surface area contributed by atoms with Crippen molar-refractivity contribution in [3.63, 3.8) is 0 Å². The number of Topliss-reactive ketones (excluding diaryl/α,β-unsaturated/α-hetero) is 1. The molecule has 7 heteroatoms. The highest BCUT2D eigenvalue weighted by Crippen LogP contribution is 2.11. The first kappa shape index (κ1) is 23.2. The molecule has 1 fully saturated rings. The third-order valence-corrected chi connectivity index (χ3v) is 5.58. The standard InChI is InChI=1S/C25H29N3O4/c1-19-8-10-20(11-9-19)22(29)12-13-23(30)27-14-5-15-28(17-16-27)24(31)18-26-25(32)21-6-3-2-4-7-21/h2-4,6-11H,5,12-18H2,1H3,(H,26,32). The molecule has 0 aromatic heterocycles. The van der Waals surface area contributed by atoms with Gasteiger partial charge in [0, 0.05) is 50.1 Å². The Morgan fingerprint density at radius 2 is 1.38 bits per heavy atom. The van der Waals surface area contributed by atoms with Gasteiger partial charge < -0.3 is 15.1 Å². The fraction of sp³-hybridized carbons (Fsp3) is 0.360. The van der Waals surface area contributed by atoms with Gasteiger partial charge >= 0.3 is 0 Å².